The lowest BCUT2D eigenvalue weighted by atomic mass is 9.77. The van der Waals surface area contributed by atoms with E-state index in [1.54, 1.807) is 12.1 Å². The number of fused-ring (bicyclic) bond motifs is 3. The first-order valence-electron chi connectivity index (χ1n) is 9.66. The molecule has 168 valence electrons. The molecule has 0 bridgehead atoms. The van der Waals surface area contributed by atoms with Crippen LogP contribution in [0.4, 0.5) is 35.1 Å². The summed E-state index contributed by atoms with van der Waals surface area (Å²) in [6, 6.07) is 7.42. The van der Waals surface area contributed by atoms with Gasteiger partial charge in [-0.05, 0) is 67.5 Å². The fourth-order valence-electron chi connectivity index (χ4n) is 4.71. The van der Waals surface area contributed by atoms with Crippen molar-refractivity contribution in [1.29, 1.82) is 0 Å². The summed E-state index contributed by atoms with van der Waals surface area (Å²) in [5, 5.41) is 0. The van der Waals surface area contributed by atoms with Gasteiger partial charge in [-0.3, -0.25) is 4.98 Å². The van der Waals surface area contributed by atoms with Gasteiger partial charge in [-0.15, -0.1) is 11.8 Å². The van der Waals surface area contributed by atoms with Crippen LogP contribution in [0.5, 0.6) is 0 Å². The van der Waals surface area contributed by atoms with E-state index < -0.39 is 34.3 Å². The minimum Gasteiger partial charge on any atom is -0.253 e. The number of thioether (sulfide) groups is 1. The first-order valence-corrected chi connectivity index (χ1v) is 10.5. The minimum atomic E-state index is -6.20. The third-order valence-corrected chi connectivity index (χ3v) is 7.80. The van der Waals surface area contributed by atoms with E-state index in [0.717, 1.165) is 23.8 Å². The lowest BCUT2D eigenvalue weighted by Crippen LogP contribution is -2.51. The van der Waals surface area contributed by atoms with Crippen molar-refractivity contribution >= 4 is 11.8 Å². The molecule has 2 aliphatic rings. The van der Waals surface area contributed by atoms with E-state index in [9.17, 15) is 35.1 Å². The highest BCUT2D eigenvalue weighted by Crippen LogP contribution is 2.60. The molecule has 0 amide bonds. The molecule has 2 aromatic rings. The molecule has 1 nitrogen and oxygen atoms in total. The SMILES string of the molecule is Fc1ccc(SC23CCCC2CCc2nc(C(F)(C(F)(F)F)C(F)(F)F)ccc23)cc1. The smallest absolute Gasteiger partial charge is 0.253 e. The Morgan fingerprint density at radius 3 is 2.13 bits per heavy atom. The van der Waals surface area contributed by atoms with Crippen molar-refractivity contribution in [3.63, 3.8) is 0 Å². The van der Waals surface area contributed by atoms with Gasteiger partial charge in [0.15, 0.2) is 0 Å². The molecule has 2 aliphatic carbocycles. The molecule has 1 saturated carbocycles. The van der Waals surface area contributed by atoms with Gasteiger partial charge in [0, 0.05) is 10.6 Å². The molecule has 4 rings (SSSR count). The molecule has 2 atom stereocenters. The van der Waals surface area contributed by atoms with E-state index in [1.807, 2.05) is 0 Å². The van der Waals surface area contributed by atoms with Crippen molar-refractivity contribution in [2.75, 3.05) is 0 Å². The quantitative estimate of drug-likeness (QED) is 0.441. The monoisotopic (exact) mass is 467 g/mol. The van der Waals surface area contributed by atoms with Crippen LogP contribution in [0.25, 0.3) is 0 Å². The maximum atomic E-state index is 14.5. The molecule has 1 heterocycles. The average molecular weight is 467 g/mol. The van der Waals surface area contributed by atoms with E-state index in [2.05, 4.69) is 4.98 Å². The predicted molar refractivity (Wildman–Crippen MR) is 98.7 cm³/mol. The van der Waals surface area contributed by atoms with Crippen molar-refractivity contribution in [2.24, 2.45) is 5.92 Å². The summed E-state index contributed by atoms with van der Waals surface area (Å²) in [6.45, 7) is 0. The highest BCUT2D eigenvalue weighted by atomic mass is 32.2. The maximum absolute atomic E-state index is 14.5. The number of aromatic nitrogens is 1. The topological polar surface area (TPSA) is 12.9 Å². The Kier molecular flexibility index (Phi) is 5.30. The Morgan fingerprint density at radius 1 is 0.871 bits per heavy atom. The second kappa shape index (κ2) is 7.35. The highest BCUT2D eigenvalue weighted by Gasteiger charge is 2.74. The number of benzene rings is 1. The molecule has 0 saturated heterocycles. The minimum absolute atomic E-state index is 0.0563. The van der Waals surface area contributed by atoms with E-state index in [1.165, 1.54) is 23.9 Å². The van der Waals surface area contributed by atoms with Gasteiger partial charge in [-0.1, -0.05) is 12.5 Å². The number of alkyl halides is 7. The van der Waals surface area contributed by atoms with Gasteiger partial charge < -0.3 is 0 Å². The van der Waals surface area contributed by atoms with Crippen LogP contribution in [0, 0.1) is 11.7 Å². The maximum Gasteiger partial charge on any atom is 0.437 e. The molecule has 0 radical (unpaired) electrons. The fourth-order valence-corrected chi connectivity index (χ4v) is 6.35. The number of pyridine rings is 1. The van der Waals surface area contributed by atoms with Crippen molar-refractivity contribution in [3.8, 4) is 0 Å². The van der Waals surface area contributed by atoms with Crippen molar-refractivity contribution in [2.45, 2.75) is 59.8 Å². The van der Waals surface area contributed by atoms with E-state index in [0.29, 0.717) is 24.5 Å². The highest BCUT2D eigenvalue weighted by molar-refractivity contribution is 8.00. The molecule has 1 aromatic heterocycles. The largest absolute Gasteiger partial charge is 0.437 e. The van der Waals surface area contributed by atoms with Crippen LogP contribution in [-0.4, -0.2) is 17.3 Å². The lowest BCUT2D eigenvalue weighted by Gasteiger charge is -2.41. The molecular weight excluding hydrogens is 450 g/mol. The predicted octanol–water partition coefficient (Wildman–Crippen LogP) is 7.24. The van der Waals surface area contributed by atoms with Crippen LogP contribution < -0.4 is 0 Å². The van der Waals surface area contributed by atoms with Gasteiger partial charge in [0.1, 0.15) is 5.82 Å². The van der Waals surface area contributed by atoms with Gasteiger partial charge in [0.25, 0.3) is 0 Å². The Morgan fingerprint density at radius 2 is 1.52 bits per heavy atom. The zero-order valence-corrected chi connectivity index (χ0v) is 16.8. The third kappa shape index (κ3) is 3.50. The van der Waals surface area contributed by atoms with Crippen LogP contribution >= 0.6 is 11.8 Å². The van der Waals surface area contributed by atoms with Crippen LogP contribution in [0.1, 0.15) is 42.6 Å². The second-order valence-corrected chi connectivity index (χ2v) is 9.32. The Labute approximate surface area is 177 Å². The van der Waals surface area contributed by atoms with Crippen molar-refractivity contribution in [3.05, 3.63) is 59.2 Å². The van der Waals surface area contributed by atoms with Crippen LogP contribution in [0.2, 0.25) is 0 Å². The molecular formula is C21H17F8NS. The van der Waals surface area contributed by atoms with Gasteiger partial charge in [0.05, 0.1) is 10.4 Å². The van der Waals surface area contributed by atoms with Crippen LogP contribution in [0.15, 0.2) is 41.3 Å². The average Bonchev–Trinajstić information content (AvgIpc) is 3.10. The third-order valence-electron chi connectivity index (χ3n) is 6.17. The second-order valence-electron chi connectivity index (χ2n) is 7.92. The van der Waals surface area contributed by atoms with Crippen LogP contribution in [-0.2, 0) is 16.8 Å². The van der Waals surface area contributed by atoms with Gasteiger partial charge in [0.2, 0.25) is 0 Å². The van der Waals surface area contributed by atoms with E-state index in [4.69, 9.17) is 0 Å². The molecule has 0 spiro atoms. The zero-order chi connectivity index (χ0) is 22.7. The van der Waals surface area contributed by atoms with Crippen molar-refractivity contribution < 1.29 is 35.1 Å². The van der Waals surface area contributed by atoms with Crippen molar-refractivity contribution in [1.82, 2.24) is 4.98 Å². The zero-order valence-electron chi connectivity index (χ0n) is 16.0. The molecule has 1 fully saturated rings. The first kappa shape index (κ1) is 22.4. The molecule has 31 heavy (non-hydrogen) atoms. The summed E-state index contributed by atoms with van der Waals surface area (Å²) >= 11 is 1.41. The van der Waals surface area contributed by atoms with E-state index >= 15 is 0 Å². The summed E-state index contributed by atoms with van der Waals surface area (Å²) in [6.07, 6.45) is -9.37. The Hall–Kier alpha value is -1.84. The summed E-state index contributed by atoms with van der Waals surface area (Å²) in [5.74, 6) is -0.276. The summed E-state index contributed by atoms with van der Waals surface area (Å²) in [5.41, 5.74) is -6.64. The number of nitrogens with zero attached hydrogens (tertiary/aromatic N) is 1. The molecule has 2 unspecified atom stereocenters. The Balaban J connectivity index is 1.80. The Bertz CT molecular complexity index is 955. The van der Waals surface area contributed by atoms with Crippen LogP contribution in [0.3, 0.4) is 0 Å². The number of rotatable bonds is 3. The fraction of sp³-hybridized carbons (Fsp3) is 0.476. The molecule has 10 heteroatoms. The first-order chi connectivity index (χ1) is 14.4. The lowest BCUT2D eigenvalue weighted by molar-refractivity contribution is -0.350. The molecule has 0 N–H and O–H groups in total. The summed E-state index contributed by atoms with van der Waals surface area (Å²) in [4.78, 5) is 4.32. The van der Waals surface area contributed by atoms with Gasteiger partial charge in [-0.25, -0.2) is 8.78 Å². The number of hydrogen-bond acceptors (Lipinski definition) is 2. The summed E-state index contributed by atoms with van der Waals surface area (Å²) < 4.78 is 106. The molecule has 0 aliphatic heterocycles. The normalized spacial score (nSPS) is 24.1. The van der Waals surface area contributed by atoms with E-state index in [-0.39, 0.29) is 18.0 Å². The number of halogens is 8. The summed E-state index contributed by atoms with van der Waals surface area (Å²) in [7, 11) is 0. The standard InChI is InChI=1S/C21H17F8NS/c22-13-4-6-14(7-5-13)31-18-11-1-2-12(18)3-9-16-15(18)8-10-17(30-16)19(23,20(24,25)26)21(27,28)29/h4-8,10,12H,1-3,9,11H2. The van der Waals surface area contributed by atoms with Gasteiger partial charge >= 0.3 is 18.0 Å². The van der Waals surface area contributed by atoms with Gasteiger partial charge in [-0.2, -0.15) is 26.3 Å². The number of hydrogen-bond donors (Lipinski definition) is 0. The number of aryl methyl sites for hydroxylation is 1. The molecule has 1 aromatic carbocycles.